The largest absolute Gasteiger partial charge is 0.389 e. The van der Waals surface area contributed by atoms with Gasteiger partial charge in [0.05, 0.1) is 25.4 Å². The molecule has 2 rings (SSSR count). The predicted molar refractivity (Wildman–Crippen MR) is 58.6 cm³/mol. The van der Waals surface area contributed by atoms with E-state index in [1.165, 1.54) is 5.56 Å². The highest BCUT2D eigenvalue weighted by molar-refractivity contribution is 5.18. The molecule has 1 heterocycles. The second-order valence-corrected chi connectivity index (χ2v) is 4.01. The lowest BCUT2D eigenvalue weighted by Crippen LogP contribution is -2.40. The van der Waals surface area contributed by atoms with Crippen molar-refractivity contribution in [2.24, 2.45) is 0 Å². The lowest BCUT2D eigenvalue weighted by Gasteiger charge is -2.20. The molecule has 1 aromatic rings. The van der Waals surface area contributed by atoms with Crippen LogP contribution in [0.2, 0.25) is 0 Å². The first kappa shape index (κ1) is 10.6. The van der Waals surface area contributed by atoms with Crippen LogP contribution in [0.5, 0.6) is 0 Å². The Morgan fingerprint density at radius 1 is 1.33 bits per heavy atom. The first-order chi connectivity index (χ1) is 7.27. The Hall–Kier alpha value is -0.900. The van der Waals surface area contributed by atoms with Crippen molar-refractivity contribution < 1.29 is 9.84 Å². The molecular formula is C12H17NO2. The molecule has 0 bridgehead atoms. The van der Waals surface area contributed by atoms with Crippen molar-refractivity contribution in [1.82, 2.24) is 5.32 Å². The summed E-state index contributed by atoms with van der Waals surface area (Å²) in [4.78, 5) is 0. The Kier molecular flexibility index (Phi) is 3.36. The highest BCUT2D eigenvalue weighted by Gasteiger charge is 2.27. The van der Waals surface area contributed by atoms with Crippen LogP contribution in [-0.2, 0) is 4.74 Å². The van der Waals surface area contributed by atoms with Gasteiger partial charge < -0.3 is 15.2 Å². The zero-order valence-electron chi connectivity index (χ0n) is 8.89. The molecule has 1 saturated heterocycles. The van der Waals surface area contributed by atoms with Crippen molar-refractivity contribution in [2.45, 2.75) is 25.1 Å². The van der Waals surface area contributed by atoms with Crippen LogP contribution in [0.3, 0.4) is 0 Å². The zero-order valence-corrected chi connectivity index (χ0v) is 8.89. The van der Waals surface area contributed by atoms with Crippen LogP contribution in [0.4, 0.5) is 0 Å². The van der Waals surface area contributed by atoms with Crippen LogP contribution in [0.15, 0.2) is 30.3 Å². The smallest absolute Gasteiger partial charge is 0.0948 e. The Morgan fingerprint density at radius 3 is 2.67 bits per heavy atom. The van der Waals surface area contributed by atoms with E-state index in [2.05, 4.69) is 24.4 Å². The zero-order chi connectivity index (χ0) is 10.7. The van der Waals surface area contributed by atoms with Gasteiger partial charge in [0.1, 0.15) is 0 Å². The van der Waals surface area contributed by atoms with Crippen molar-refractivity contribution in [1.29, 1.82) is 0 Å². The summed E-state index contributed by atoms with van der Waals surface area (Å²) in [5.74, 6) is 0. The van der Waals surface area contributed by atoms with Crippen molar-refractivity contribution >= 4 is 0 Å². The lowest BCUT2D eigenvalue weighted by atomic mass is 10.1. The fraction of sp³-hybridized carbons (Fsp3) is 0.500. The summed E-state index contributed by atoms with van der Waals surface area (Å²) >= 11 is 0. The lowest BCUT2D eigenvalue weighted by molar-refractivity contribution is 0.121. The first-order valence-electron chi connectivity index (χ1n) is 5.34. The summed E-state index contributed by atoms with van der Waals surface area (Å²) in [6.07, 6.45) is -0.379. The topological polar surface area (TPSA) is 41.5 Å². The summed E-state index contributed by atoms with van der Waals surface area (Å²) in [5.41, 5.74) is 1.23. The third-order valence-corrected chi connectivity index (χ3v) is 2.81. The molecule has 1 aliphatic rings. The van der Waals surface area contributed by atoms with Crippen molar-refractivity contribution in [2.75, 3.05) is 13.2 Å². The molecule has 0 spiro atoms. The van der Waals surface area contributed by atoms with E-state index in [1.54, 1.807) is 0 Å². The van der Waals surface area contributed by atoms with Gasteiger partial charge in [-0.2, -0.15) is 0 Å². The van der Waals surface area contributed by atoms with Gasteiger partial charge >= 0.3 is 0 Å². The van der Waals surface area contributed by atoms with Crippen LogP contribution in [-0.4, -0.2) is 30.5 Å². The summed E-state index contributed by atoms with van der Waals surface area (Å²) in [7, 11) is 0. The molecule has 0 amide bonds. The van der Waals surface area contributed by atoms with Gasteiger partial charge in [-0.15, -0.1) is 0 Å². The van der Waals surface area contributed by atoms with Crippen molar-refractivity contribution in [3.63, 3.8) is 0 Å². The minimum absolute atomic E-state index is 0.0557. The normalized spacial score (nSPS) is 27.9. The fourth-order valence-electron chi connectivity index (χ4n) is 1.86. The monoisotopic (exact) mass is 207 g/mol. The first-order valence-corrected chi connectivity index (χ1v) is 5.34. The summed E-state index contributed by atoms with van der Waals surface area (Å²) in [6.45, 7) is 3.14. The van der Waals surface area contributed by atoms with E-state index in [1.807, 2.05) is 18.2 Å². The van der Waals surface area contributed by atoms with Crippen LogP contribution < -0.4 is 5.32 Å². The minimum Gasteiger partial charge on any atom is -0.389 e. The van der Waals surface area contributed by atoms with Gasteiger partial charge in [0.2, 0.25) is 0 Å². The van der Waals surface area contributed by atoms with E-state index in [0.29, 0.717) is 13.2 Å². The van der Waals surface area contributed by atoms with Crippen LogP contribution in [0.25, 0.3) is 0 Å². The van der Waals surface area contributed by atoms with Gasteiger partial charge in [0, 0.05) is 6.04 Å². The Labute approximate surface area is 90.1 Å². The number of aliphatic hydroxyl groups excluding tert-OH is 1. The van der Waals surface area contributed by atoms with E-state index in [0.717, 1.165) is 0 Å². The van der Waals surface area contributed by atoms with Crippen LogP contribution in [0.1, 0.15) is 18.5 Å². The van der Waals surface area contributed by atoms with E-state index in [4.69, 9.17) is 4.74 Å². The number of ether oxygens (including phenoxy) is 1. The molecular weight excluding hydrogens is 190 g/mol. The molecule has 82 valence electrons. The molecule has 3 heteroatoms. The maximum absolute atomic E-state index is 9.60. The molecule has 15 heavy (non-hydrogen) atoms. The number of hydrogen-bond acceptors (Lipinski definition) is 3. The third-order valence-electron chi connectivity index (χ3n) is 2.81. The van der Waals surface area contributed by atoms with Gasteiger partial charge in [0.25, 0.3) is 0 Å². The highest BCUT2D eigenvalue weighted by Crippen LogP contribution is 2.15. The van der Waals surface area contributed by atoms with E-state index >= 15 is 0 Å². The van der Waals surface area contributed by atoms with Gasteiger partial charge in [-0.05, 0) is 12.5 Å². The molecule has 0 aromatic heterocycles. The van der Waals surface area contributed by atoms with Crippen molar-refractivity contribution in [3.8, 4) is 0 Å². The van der Waals surface area contributed by atoms with Gasteiger partial charge in [-0.1, -0.05) is 30.3 Å². The van der Waals surface area contributed by atoms with Crippen LogP contribution in [0, 0.1) is 0 Å². The van der Waals surface area contributed by atoms with E-state index in [9.17, 15) is 5.11 Å². The number of rotatable bonds is 3. The molecule has 1 aliphatic heterocycles. The molecule has 3 nitrogen and oxygen atoms in total. The van der Waals surface area contributed by atoms with Gasteiger partial charge in [-0.3, -0.25) is 0 Å². The predicted octanol–water partition coefficient (Wildman–Crippen LogP) is 1.10. The molecule has 1 aromatic carbocycles. The Morgan fingerprint density at radius 2 is 2.07 bits per heavy atom. The standard InChI is InChI=1S/C12H17NO2/c1-9(10-5-3-2-4-6-10)13-11-7-15-8-12(11)14/h2-6,9,11-14H,7-8H2,1H3/t9-,11?,12?/m0/s1. The number of aliphatic hydroxyl groups is 1. The summed E-state index contributed by atoms with van der Waals surface area (Å²) < 4.78 is 5.19. The van der Waals surface area contributed by atoms with Gasteiger partial charge in [0.15, 0.2) is 0 Å². The number of benzene rings is 1. The van der Waals surface area contributed by atoms with E-state index < -0.39 is 0 Å². The second-order valence-electron chi connectivity index (χ2n) is 4.01. The maximum atomic E-state index is 9.60. The highest BCUT2D eigenvalue weighted by atomic mass is 16.5. The number of hydrogen-bond donors (Lipinski definition) is 2. The quantitative estimate of drug-likeness (QED) is 0.779. The average Bonchev–Trinajstić information content (AvgIpc) is 2.66. The van der Waals surface area contributed by atoms with E-state index in [-0.39, 0.29) is 18.2 Å². The molecule has 2 N–H and O–H groups in total. The van der Waals surface area contributed by atoms with Gasteiger partial charge in [-0.25, -0.2) is 0 Å². The van der Waals surface area contributed by atoms with Crippen LogP contribution >= 0.6 is 0 Å². The average molecular weight is 207 g/mol. The molecule has 0 saturated carbocycles. The second kappa shape index (κ2) is 4.75. The third kappa shape index (κ3) is 2.56. The maximum Gasteiger partial charge on any atom is 0.0948 e. The number of nitrogens with one attached hydrogen (secondary N) is 1. The fourth-order valence-corrected chi connectivity index (χ4v) is 1.86. The molecule has 0 radical (unpaired) electrons. The molecule has 3 atom stereocenters. The Balaban J connectivity index is 1.95. The SMILES string of the molecule is C[C@H](NC1COCC1O)c1ccccc1. The molecule has 1 fully saturated rings. The summed E-state index contributed by atoms with van der Waals surface area (Å²) in [5, 5.41) is 13.0. The summed E-state index contributed by atoms with van der Waals surface area (Å²) in [6, 6.07) is 10.5. The van der Waals surface area contributed by atoms with Crippen molar-refractivity contribution in [3.05, 3.63) is 35.9 Å². The minimum atomic E-state index is -0.379. The Bertz CT molecular complexity index is 302. The molecule has 0 aliphatic carbocycles. The molecule has 2 unspecified atom stereocenters.